The van der Waals surface area contributed by atoms with Crippen molar-refractivity contribution in [1.82, 2.24) is 0 Å². The highest BCUT2D eigenvalue weighted by Crippen LogP contribution is 2.57. The summed E-state index contributed by atoms with van der Waals surface area (Å²) in [6.07, 6.45) is 5.55. The number of hydrogen-bond acceptors (Lipinski definition) is 3. The Morgan fingerprint density at radius 1 is 1.39 bits per heavy atom. The Kier molecular flexibility index (Phi) is 4.15. The third-order valence-electron chi connectivity index (χ3n) is 5.53. The van der Waals surface area contributed by atoms with Crippen LogP contribution in [0.4, 0.5) is 0 Å². The molecule has 1 saturated carbocycles. The minimum atomic E-state index is -0.502. The molecule has 0 radical (unpaired) electrons. The molecule has 5 atom stereocenters. The molecule has 0 aromatic rings. The van der Waals surface area contributed by atoms with E-state index < -0.39 is 6.10 Å². The molecule has 0 aromatic heterocycles. The van der Waals surface area contributed by atoms with Crippen LogP contribution in [0.2, 0.25) is 0 Å². The first-order valence-electron chi connectivity index (χ1n) is 7.14. The zero-order valence-electron chi connectivity index (χ0n) is 11.5. The van der Waals surface area contributed by atoms with Gasteiger partial charge in [-0.25, -0.2) is 0 Å². The van der Waals surface area contributed by atoms with Gasteiger partial charge in [0, 0.05) is 6.61 Å². The highest BCUT2D eigenvalue weighted by atomic mass is 16.3. The van der Waals surface area contributed by atoms with E-state index in [1.54, 1.807) is 0 Å². The predicted molar refractivity (Wildman–Crippen MR) is 71.0 cm³/mol. The first kappa shape index (κ1) is 14.0. The molecule has 18 heavy (non-hydrogen) atoms. The van der Waals surface area contributed by atoms with E-state index in [0.29, 0.717) is 17.8 Å². The Balaban J connectivity index is 2.25. The average molecular weight is 254 g/mol. The lowest BCUT2D eigenvalue weighted by Gasteiger charge is -2.45. The van der Waals surface area contributed by atoms with Crippen LogP contribution in [0.5, 0.6) is 0 Å². The lowest BCUT2D eigenvalue weighted by atomic mass is 9.61. The van der Waals surface area contributed by atoms with Gasteiger partial charge in [-0.05, 0) is 54.4 Å². The highest BCUT2D eigenvalue weighted by molar-refractivity contribution is 5.18. The number of rotatable bonds is 3. The minimum absolute atomic E-state index is 0.0359. The summed E-state index contributed by atoms with van der Waals surface area (Å²) in [5.74, 6) is 1.37. The van der Waals surface area contributed by atoms with Crippen molar-refractivity contribution in [3.8, 4) is 0 Å². The average Bonchev–Trinajstić information content (AvgIpc) is 2.66. The van der Waals surface area contributed by atoms with Crippen molar-refractivity contribution in [3.05, 3.63) is 11.6 Å². The first-order valence-corrected chi connectivity index (χ1v) is 7.14. The zero-order valence-corrected chi connectivity index (χ0v) is 11.5. The Labute approximate surface area is 110 Å². The molecule has 0 aromatic carbocycles. The number of hydrogen-bond donors (Lipinski definition) is 3. The van der Waals surface area contributed by atoms with Gasteiger partial charge in [-0.15, -0.1) is 0 Å². The molecule has 0 amide bonds. The molecule has 3 heteroatoms. The summed E-state index contributed by atoms with van der Waals surface area (Å²) in [7, 11) is 0. The van der Waals surface area contributed by atoms with Crippen LogP contribution in [0.1, 0.15) is 39.5 Å². The lowest BCUT2D eigenvalue weighted by molar-refractivity contribution is 0.0131. The fraction of sp³-hybridized carbons (Fsp3) is 0.867. The summed E-state index contributed by atoms with van der Waals surface area (Å²) >= 11 is 0. The third kappa shape index (κ3) is 2.13. The van der Waals surface area contributed by atoms with Crippen LogP contribution in [0, 0.1) is 23.2 Å². The quantitative estimate of drug-likeness (QED) is 0.672. The Bertz CT molecular complexity index is 326. The second kappa shape index (κ2) is 5.32. The summed E-state index contributed by atoms with van der Waals surface area (Å²) in [4.78, 5) is 0. The molecule has 0 heterocycles. The van der Waals surface area contributed by atoms with Gasteiger partial charge in [0.2, 0.25) is 0 Å². The van der Waals surface area contributed by atoms with Gasteiger partial charge in [-0.2, -0.15) is 0 Å². The van der Waals surface area contributed by atoms with Gasteiger partial charge in [0.05, 0.1) is 12.7 Å². The van der Waals surface area contributed by atoms with Crippen molar-refractivity contribution in [2.45, 2.75) is 45.6 Å². The zero-order chi connectivity index (χ0) is 13.3. The summed E-state index contributed by atoms with van der Waals surface area (Å²) in [6, 6.07) is 0. The van der Waals surface area contributed by atoms with Crippen LogP contribution in [0.25, 0.3) is 0 Å². The molecule has 0 saturated heterocycles. The molecule has 0 aliphatic heterocycles. The maximum atomic E-state index is 10.2. The molecule has 104 valence electrons. The van der Waals surface area contributed by atoms with E-state index in [0.717, 1.165) is 24.8 Å². The van der Waals surface area contributed by atoms with E-state index in [4.69, 9.17) is 0 Å². The standard InChI is InChI=1S/C15H26O3/c1-10(8-16)13-4-3-11(2)15(13)6-5-12(9-17)14(18)7-15/h5,10-11,13-14,16-18H,3-4,6-9H2,1-2H3/t10?,11-,13-,14+,15-/m0/s1. The Morgan fingerprint density at radius 3 is 2.67 bits per heavy atom. The lowest BCUT2D eigenvalue weighted by Crippen LogP contribution is -2.41. The van der Waals surface area contributed by atoms with Crippen LogP contribution in [0.3, 0.4) is 0 Å². The molecule has 3 nitrogen and oxygen atoms in total. The van der Waals surface area contributed by atoms with E-state index >= 15 is 0 Å². The summed E-state index contributed by atoms with van der Waals surface area (Å²) < 4.78 is 0. The predicted octanol–water partition coefficient (Wildman–Crippen LogP) is 1.72. The van der Waals surface area contributed by atoms with Crippen molar-refractivity contribution in [1.29, 1.82) is 0 Å². The Hall–Kier alpha value is -0.380. The number of aliphatic hydroxyl groups is 3. The van der Waals surface area contributed by atoms with E-state index in [9.17, 15) is 15.3 Å². The third-order valence-corrected chi connectivity index (χ3v) is 5.53. The molecule has 2 rings (SSSR count). The largest absolute Gasteiger partial charge is 0.396 e. The van der Waals surface area contributed by atoms with Gasteiger partial charge in [0.15, 0.2) is 0 Å². The van der Waals surface area contributed by atoms with E-state index in [2.05, 4.69) is 13.8 Å². The second-order valence-electron chi connectivity index (χ2n) is 6.34. The number of aliphatic hydroxyl groups excluding tert-OH is 3. The van der Waals surface area contributed by atoms with Crippen LogP contribution in [-0.4, -0.2) is 34.6 Å². The minimum Gasteiger partial charge on any atom is -0.396 e. The smallest absolute Gasteiger partial charge is 0.0777 e. The molecule has 1 spiro atoms. The molecular weight excluding hydrogens is 228 g/mol. The molecular formula is C15H26O3. The highest BCUT2D eigenvalue weighted by Gasteiger charge is 2.51. The van der Waals surface area contributed by atoms with Crippen molar-refractivity contribution in [3.63, 3.8) is 0 Å². The monoisotopic (exact) mass is 254 g/mol. The topological polar surface area (TPSA) is 60.7 Å². The van der Waals surface area contributed by atoms with Gasteiger partial charge >= 0.3 is 0 Å². The van der Waals surface area contributed by atoms with Crippen LogP contribution in [-0.2, 0) is 0 Å². The van der Waals surface area contributed by atoms with Gasteiger partial charge in [0.1, 0.15) is 0 Å². The Morgan fingerprint density at radius 2 is 2.11 bits per heavy atom. The van der Waals surface area contributed by atoms with Crippen molar-refractivity contribution in [2.75, 3.05) is 13.2 Å². The van der Waals surface area contributed by atoms with E-state index in [-0.39, 0.29) is 18.6 Å². The number of allylic oxidation sites excluding steroid dienone is 1. The van der Waals surface area contributed by atoms with Crippen molar-refractivity contribution in [2.24, 2.45) is 23.2 Å². The van der Waals surface area contributed by atoms with Gasteiger partial charge in [0.25, 0.3) is 0 Å². The summed E-state index contributed by atoms with van der Waals surface area (Å²) in [5, 5.41) is 28.8. The van der Waals surface area contributed by atoms with E-state index in [1.807, 2.05) is 6.08 Å². The van der Waals surface area contributed by atoms with Crippen LogP contribution in [0.15, 0.2) is 11.6 Å². The molecule has 1 fully saturated rings. The summed E-state index contributed by atoms with van der Waals surface area (Å²) in [6.45, 7) is 4.58. The molecule has 2 aliphatic carbocycles. The SMILES string of the molecule is CC(CO)[C@@H]1CC[C@H](C)[C@@]12CC=C(CO)[C@H](O)C2. The second-order valence-corrected chi connectivity index (χ2v) is 6.34. The molecule has 3 N–H and O–H groups in total. The first-order chi connectivity index (χ1) is 8.55. The molecule has 1 unspecified atom stereocenters. The maximum absolute atomic E-state index is 10.2. The van der Waals surface area contributed by atoms with Crippen molar-refractivity contribution < 1.29 is 15.3 Å². The normalized spacial score (nSPS) is 42.1. The van der Waals surface area contributed by atoms with Gasteiger partial charge in [-0.3, -0.25) is 0 Å². The van der Waals surface area contributed by atoms with E-state index in [1.165, 1.54) is 6.42 Å². The maximum Gasteiger partial charge on any atom is 0.0777 e. The molecule has 0 bridgehead atoms. The van der Waals surface area contributed by atoms with Crippen LogP contribution < -0.4 is 0 Å². The summed E-state index contributed by atoms with van der Waals surface area (Å²) in [5.41, 5.74) is 0.898. The van der Waals surface area contributed by atoms with Gasteiger partial charge < -0.3 is 15.3 Å². The molecule has 2 aliphatic rings. The fourth-order valence-electron chi connectivity index (χ4n) is 4.25. The van der Waals surface area contributed by atoms with Crippen molar-refractivity contribution >= 4 is 0 Å². The fourth-order valence-corrected chi connectivity index (χ4v) is 4.25. The van der Waals surface area contributed by atoms with Crippen LogP contribution >= 0.6 is 0 Å². The van der Waals surface area contributed by atoms with Gasteiger partial charge in [-0.1, -0.05) is 19.9 Å².